The molecule has 32 heavy (non-hydrogen) atoms. The zero-order valence-corrected chi connectivity index (χ0v) is 17.6. The van der Waals surface area contributed by atoms with Gasteiger partial charge in [0.1, 0.15) is 11.7 Å². The smallest absolute Gasteiger partial charge is 0.345 e. The third-order valence-corrected chi connectivity index (χ3v) is 5.00. The second-order valence-electron chi connectivity index (χ2n) is 6.83. The lowest BCUT2D eigenvalue weighted by molar-refractivity contribution is -0.114. The van der Waals surface area contributed by atoms with Crippen LogP contribution < -0.4 is 11.1 Å². The Labute approximate surface area is 187 Å². The molecule has 156 valence electrons. The van der Waals surface area contributed by atoms with Crippen molar-refractivity contribution < 1.29 is 9.21 Å². The maximum atomic E-state index is 12.5. The minimum atomic E-state index is -0.808. The molecule has 0 aliphatic carbocycles. The molecule has 0 bridgehead atoms. The van der Waals surface area contributed by atoms with Crippen LogP contribution >= 0.6 is 11.6 Å². The number of benzene rings is 3. The van der Waals surface area contributed by atoms with Crippen LogP contribution in [-0.2, 0) is 4.79 Å². The Kier molecular flexibility index (Phi) is 5.79. The number of rotatable bonds is 4. The first-order chi connectivity index (χ1) is 15.5. The van der Waals surface area contributed by atoms with Crippen molar-refractivity contribution >= 4 is 56.4 Å². The van der Waals surface area contributed by atoms with Crippen LogP contribution in [0.5, 0.6) is 0 Å². The molecule has 7 nitrogen and oxygen atoms in total. The minimum absolute atomic E-state index is 0.197. The van der Waals surface area contributed by atoms with Gasteiger partial charge in [-0.1, -0.05) is 41.9 Å². The van der Waals surface area contributed by atoms with Crippen LogP contribution in [0.1, 0.15) is 12.5 Å². The molecule has 0 aliphatic heterocycles. The third kappa shape index (κ3) is 4.26. The predicted molar refractivity (Wildman–Crippen MR) is 125 cm³/mol. The molecule has 1 N–H and O–H groups in total. The van der Waals surface area contributed by atoms with Crippen LogP contribution in [0.3, 0.4) is 0 Å². The first-order valence-corrected chi connectivity index (χ1v) is 9.89. The number of hydrogen-bond acceptors (Lipinski definition) is 6. The number of carbonyl (C=O) groups is 1. The number of hydrazone groups is 1. The summed E-state index contributed by atoms with van der Waals surface area (Å²) in [5, 5.41) is 16.4. The summed E-state index contributed by atoms with van der Waals surface area (Å²) in [5.74, 6) is -0.808. The summed E-state index contributed by atoms with van der Waals surface area (Å²) in [6, 6.07) is 21.1. The Morgan fingerprint density at radius 2 is 1.81 bits per heavy atom. The topological polar surface area (TPSA) is 108 Å². The number of halogens is 1. The Bertz CT molecular complexity index is 1510. The summed E-state index contributed by atoms with van der Waals surface area (Å²) in [4.78, 5) is 28.8. The van der Waals surface area contributed by atoms with Gasteiger partial charge in [-0.15, -0.1) is 0 Å². The lowest BCUT2D eigenvalue weighted by Crippen LogP contribution is -2.27. The van der Waals surface area contributed by atoms with E-state index in [2.05, 4.69) is 15.5 Å². The van der Waals surface area contributed by atoms with Crippen LogP contribution in [0.2, 0.25) is 5.02 Å². The molecular formula is C24H15ClN4O3. The van der Waals surface area contributed by atoms with E-state index >= 15 is 0 Å². The molecule has 0 saturated heterocycles. The summed E-state index contributed by atoms with van der Waals surface area (Å²) in [5.41, 5.74) is 2.56. The normalized spacial score (nSPS) is 12.0. The van der Waals surface area contributed by atoms with Crippen molar-refractivity contribution in [3.63, 3.8) is 0 Å². The average molecular weight is 443 g/mol. The monoisotopic (exact) mass is 442 g/mol. The van der Waals surface area contributed by atoms with Gasteiger partial charge in [-0.25, -0.2) is 15.2 Å². The number of amides is 1. The molecule has 0 spiro atoms. The number of aliphatic imine (C=N–C) groups is 1. The summed E-state index contributed by atoms with van der Waals surface area (Å²) < 4.78 is 5.45. The highest BCUT2D eigenvalue weighted by atomic mass is 35.5. The standard InChI is InChI=1S/C24H15ClN4O3/c1-14(28-29-23(30)21(13-26)27-17-9-7-16(25)8-10-17)19-12-20-18-5-3-2-4-15(18)6-11-22(20)32-24(19)31/h2-12H,1H3,(H,29,30)/b27-21?,28-14+. The summed E-state index contributed by atoms with van der Waals surface area (Å²) in [6.07, 6.45) is 0. The molecule has 0 atom stereocenters. The van der Waals surface area contributed by atoms with Gasteiger partial charge in [0.2, 0.25) is 5.71 Å². The molecule has 8 heteroatoms. The maximum absolute atomic E-state index is 12.5. The lowest BCUT2D eigenvalue weighted by atomic mass is 10.0. The van der Waals surface area contributed by atoms with Crippen molar-refractivity contribution in [1.82, 2.24) is 5.43 Å². The summed E-state index contributed by atoms with van der Waals surface area (Å²) in [7, 11) is 0. The fraction of sp³-hybridized carbons (Fsp3) is 0.0417. The molecule has 0 unspecified atom stereocenters. The van der Waals surface area contributed by atoms with Gasteiger partial charge < -0.3 is 4.42 Å². The number of carbonyl (C=O) groups excluding carboxylic acids is 1. The Morgan fingerprint density at radius 1 is 1.06 bits per heavy atom. The molecule has 0 radical (unpaired) electrons. The van der Waals surface area contributed by atoms with E-state index in [4.69, 9.17) is 16.0 Å². The van der Waals surface area contributed by atoms with E-state index in [1.165, 1.54) is 0 Å². The van der Waals surface area contributed by atoms with Gasteiger partial charge in [-0.3, -0.25) is 4.79 Å². The third-order valence-electron chi connectivity index (χ3n) is 4.75. The number of nitriles is 1. The van der Waals surface area contributed by atoms with E-state index in [1.807, 2.05) is 30.3 Å². The molecule has 4 aromatic rings. The fourth-order valence-electron chi connectivity index (χ4n) is 3.14. The first kappa shape index (κ1) is 21.0. The largest absolute Gasteiger partial charge is 0.422 e. The lowest BCUT2D eigenvalue weighted by Gasteiger charge is -2.06. The highest BCUT2D eigenvalue weighted by Gasteiger charge is 2.13. The van der Waals surface area contributed by atoms with Gasteiger partial charge in [0.05, 0.1) is 17.0 Å². The number of hydrogen-bond donors (Lipinski definition) is 1. The van der Waals surface area contributed by atoms with E-state index < -0.39 is 11.5 Å². The second kappa shape index (κ2) is 8.84. The second-order valence-corrected chi connectivity index (χ2v) is 7.27. The molecular weight excluding hydrogens is 428 g/mol. The maximum Gasteiger partial charge on any atom is 0.345 e. The van der Waals surface area contributed by atoms with Gasteiger partial charge in [0.25, 0.3) is 0 Å². The number of nitrogens with one attached hydrogen (secondary N) is 1. The Morgan fingerprint density at radius 3 is 2.56 bits per heavy atom. The van der Waals surface area contributed by atoms with Crippen LogP contribution in [0.15, 0.2) is 86.0 Å². The molecule has 1 aromatic heterocycles. The van der Waals surface area contributed by atoms with Crippen molar-refractivity contribution in [3.8, 4) is 6.07 Å². The van der Waals surface area contributed by atoms with Crippen molar-refractivity contribution in [3.05, 3.63) is 87.7 Å². The molecule has 3 aromatic carbocycles. The quantitative estimate of drug-likeness (QED) is 0.213. The van der Waals surface area contributed by atoms with Gasteiger partial charge in [0.15, 0.2) is 0 Å². The molecule has 0 fully saturated rings. The van der Waals surface area contributed by atoms with Crippen LogP contribution in [-0.4, -0.2) is 17.3 Å². The molecule has 0 saturated carbocycles. The van der Waals surface area contributed by atoms with E-state index in [1.54, 1.807) is 49.4 Å². The van der Waals surface area contributed by atoms with E-state index in [0.717, 1.165) is 16.2 Å². The fourth-order valence-corrected chi connectivity index (χ4v) is 3.27. The van der Waals surface area contributed by atoms with Crippen molar-refractivity contribution in [2.45, 2.75) is 6.92 Å². The zero-order valence-electron chi connectivity index (χ0n) is 16.8. The highest BCUT2D eigenvalue weighted by Crippen LogP contribution is 2.25. The summed E-state index contributed by atoms with van der Waals surface area (Å²) in [6.45, 7) is 1.56. The van der Waals surface area contributed by atoms with Crippen molar-refractivity contribution in [1.29, 1.82) is 5.26 Å². The molecule has 0 aliphatic rings. The van der Waals surface area contributed by atoms with E-state index in [-0.39, 0.29) is 17.0 Å². The Hall–Kier alpha value is -4.28. The number of fused-ring (bicyclic) bond motifs is 3. The van der Waals surface area contributed by atoms with Gasteiger partial charge in [-0.05, 0) is 54.1 Å². The zero-order chi connectivity index (χ0) is 22.7. The predicted octanol–water partition coefficient (Wildman–Crippen LogP) is 4.74. The highest BCUT2D eigenvalue weighted by molar-refractivity contribution is 6.45. The molecule has 1 heterocycles. The van der Waals surface area contributed by atoms with Crippen molar-refractivity contribution in [2.75, 3.05) is 0 Å². The molecule has 1 amide bonds. The van der Waals surface area contributed by atoms with Crippen LogP contribution in [0.4, 0.5) is 5.69 Å². The summed E-state index contributed by atoms with van der Waals surface area (Å²) >= 11 is 5.83. The van der Waals surface area contributed by atoms with Gasteiger partial charge in [0, 0.05) is 10.4 Å². The minimum Gasteiger partial charge on any atom is -0.422 e. The van der Waals surface area contributed by atoms with Crippen LogP contribution in [0, 0.1) is 11.3 Å². The van der Waals surface area contributed by atoms with E-state index in [9.17, 15) is 14.9 Å². The van der Waals surface area contributed by atoms with Gasteiger partial charge >= 0.3 is 11.5 Å². The average Bonchev–Trinajstić information content (AvgIpc) is 2.81. The van der Waals surface area contributed by atoms with E-state index in [0.29, 0.717) is 16.3 Å². The van der Waals surface area contributed by atoms with Crippen LogP contribution in [0.25, 0.3) is 21.7 Å². The van der Waals surface area contributed by atoms with Crippen molar-refractivity contribution in [2.24, 2.45) is 10.1 Å². The van der Waals surface area contributed by atoms with Gasteiger partial charge in [-0.2, -0.15) is 10.4 Å². The SMILES string of the molecule is C/C(=N\NC(=O)C(C#N)=Nc1ccc(Cl)cc1)c1cc2c(ccc3ccccc32)oc1=O. The number of nitrogens with zero attached hydrogens (tertiary/aromatic N) is 3. The first-order valence-electron chi connectivity index (χ1n) is 9.51. The molecule has 4 rings (SSSR count). The Balaban J connectivity index is 1.65.